The molecule has 0 radical (unpaired) electrons. The smallest absolute Gasteiger partial charge is 0.237 e. The Kier molecular flexibility index (Phi) is 5.07. The summed E-state index contributed by atoms with van der Waals surface area (Å²) in [6, 6.07) is 3.84. The highest BCUT2D eigenvalue weighted by atomic mass is 16.3. The maximum atomic E-state index is 12.0. The van der Waals surface area contributed by atoms with Crippen LogP contribution in [-0.4, -0.2) is 28.7 Å². The maximum Gasteiger partial charge on any atom is 0.237 e. The minimum atomic E-state index is -0.646. The number of phenols is 2. The molecule has 21 heavy (non-hydrogen) atoms. The predicted octanol–water partition coefficient (Wildman–Crippen LogP) is 1.52. The van der Waals surface area contributed by atoms with Crippen molar-refractivity contribution in [2.24, 2.45) is 17.6 Å². The zero-order valence-corrected chi connectivity index (χ0v) is 12.4. The largest absolute Gasteiger partial charge is 0.504 e. The Labute approximate surface area is 125 Å². The average Bonchev–Trinajstić information content (AvgIpc) is 2.86. The van der Waals surface area contributed by atoms with Crippen LogP contribution < -0.4 is 11.1 Å². The molecule has 1 saturated carbocycles. The van der Waals surface area contributed by atoms with Gasteiger partial charge in [0.15, 0.2) is 11.5 Å². The molecule has 0 aliphatic heterocycles. The second kappa shape index (κ2) is 6.80. The van der Waals surface area contributed by atoms with Crippen LogP contribution in [0.3, 0.4) is 0 Å². The van der Waals surface area contributed by atoms with Crippen LogP contribution in [0.1, 0.15) is 31.7 Å². The minimum Gasteiger partial charge on any atom is -0.504 e. The molecule has 2 rings (SSSR count). The molecular formula is C16H24N2O3. The van der Waals surface area contributed by atoms with Crippen molar-refractivity contribution in [2.45, 2.75) is 38.6 Å². The standard InChI is InChI=1S/C16H24N2O3/c1-10-2-3-12(6-10)9-18-16(21)13(17)7-11-4-5-14(19)15(20)8-11/h4-5,8,10,12-13,19-20H,2-3,6-7,9,17H2,1H3,(H,18,21)/t10?,12?,13-/m0/s1. The molecule has 0 aromatic heterocycles. The van der Waals surface area contributed by atoms with Gasteiger partial charge in [-0.1, -0.05) is 19.4 Å². The van der Waals surface area contributed by atoms with E-state index in [1.54, 1.807) is 6.07 Å². The zero-order chi connectivity index (χ0) is 15.4. The van der Waals surface area contributed by atoms with E-state index in [1.165, 1.54) is 31.4 Å². The lowest BCUT2D eigenvalue weighted by molar-refractivity contribution is -0.122. The summed E-state index contributed by atoms with van der Waals surface area (Å²) in [5.74, 6) is 0.781. The minimum absolute atomic E-state index is 0.165. The topological polar surface area (TPSA) is 95.6 Å². The molecule has 0 heterocycles. The fourth-order valence-electron chi connectivity index (χ4n) is 2.93. The van der Waals surface area contributed by atoms with Gasteiger partial charge in [0, 0.05) is 6.54 Å². The molecule has 1 aliphatic carbocycles. The van der Waals surface area contributed by atoms with Gasteiger partial charge in [0.25, 0.3) is 0 Å². The SMILES string of the molecule is CC1CCC(CNC(=O)[C@@H](N)Cc2ccc(O)c(O)c2)C1. The van der Waals surface area contributed by atoms with E-state index in [-0.39, 0.29) is 17.4 Å². The third-order valence-electron chi connectivity index (χ3n) is 4.20. The van der Waals surface area contributed by atoms with E-state index < -0.39 is 6.04 Å². The van der Waals surface area contributed by atoms with Crippen LogP contribution in [0.15, 0.2) is 18.2 Å². The Morgan fingerprint density at radius 1 is 1.38 bits per heavy atom. The monoisotopic (exact) mass is 292 g/mol. The molecule has 0 spiro atoms. The third-order valence-corrected chi connectivity index (χ3v) is 4.20. The number of phenolic OH excluding ortho intramolecular Hbond substituents is 2. The summed E-state index contributed by atoms with van der Waals surface area (Å²) in [7, 11) is 0. The molecule has 0 saturated heterocycles. The van der Waals surface area contributed by atoms with E-state index in [2.05, 4.69) is 12.2 Å². The summed E-state index contributed by atoms with van der Waals surface area (Å²) in [5.41, 5.74) is 6.62. The molecule has 2 unspecified atom stereocenters. The number of hydrogen-bond donors (Lipinski definition) is 4. The highest BCUT2D eigenvalue weighted by Crippen LogP contribution is 2.29. The van der Waals surface area contributed by atoms with Crippen LogP contribution in [0.5, 0.6) is 11.5 Å². The summed E-state index contributed by atoms with van der Waals surface area (Å²) in [6.45, 7) is 2.93. The fraction of sp³-hybridized carbons (Fsp3) is 0.562. The second-order valence-corrected chi connectivity index (χ2v) is 6.16. The van der Waals surface area contributed by atoms with Crippen LogP contribution in [0, 0.1) is 11.8 Å². The van der Waals surface area contributed by atoms with Gasteiger partial charge in [-0.25, -0.2) is 0 Å². The van der Waals surface area contributed by atoms with Crippen LogP contribution in [-0.2, 0) is 11.2 Å². The first-order valence-corrected chi connectivity index (χ1v) is 7.50. The number of aromatic hydroxyl groups is 2. The molecule has 3 atom stereocenters. The van der Waals surface area contributed by atoms with Crippen molar-refractivity contribution in [2.75, 3.05) is 6.54 Å². The second-order valence-electron chi connectivity index (χ2n) is 6.16. The van der Waals surface area contributed by atoms with E-state index in [1.807, 2.05) is 0 Å². The van der Waals surface area contributed by atoms with Gasteiger partial charge < -0.3 is 21.3 Å². The number of amides is 1. The van der Waals surface area contributed by atoms with Gasteiger partial charge >= 0.3 is 0 Å². The number of carbonyl (C=O) groups excluding carboxylic acids is 1. The summed E-state index contributed by atoms with van der Waals surface area (Å²) >= 11 is 0. The van der Waals surface area contributed by atoms with Crippen molar-refractivity contribution in [3.8, 4) is 11.5 Å². The molecular weight excluding hydrogens is 268 g/mol. The van der Waals surface area contributed by atoms with E-state index in [4.69, 9.17) is 5.73 Å². The zero-order valence-electron chi connectivity index (χ0n) is 12.4. The molecule has 1 fully saturated rings. The highest BCUT2D eigenvalue weighted by Gasteiger charge is 2.22. The highest BCUT2D eigenvalue weighted by molar-refractivity contribution is 5.81. The number of carbonyl (C=O) groups is 1. The van der Waals surface area contributed by atoms with Gasteiger partial charge in [-0.3, -0.25) is 4.79 Å². The summed E-state index contributed by atoms with van der Waals surface area (Å²) in [4.78, 5) is 12.0. The normalized spacial score (nSPS) is 23.0. The lowest BCUT2D eigenvalue weighted by Gasteiger charge is -2.15. The number of nitrogens with one attached hydrogen (secondary N) is 1. The van der Waals surface area contributed by atoms with Gasteiger partial charge in [-0.05, 0) is 48.8 Å². The predicted molar refractivity (Wildman–Crippen MR) is 81.0 cm³/mol. The number of benzene rings is 1. The first kappa shape index (κ1) is 15.6. The van der Waals surface area contributed by atoms with Gasteiger partial charge in [-0.15, -0.1) is 0 Å². The van der Waals surface area contributed by atoms with E-state index in [9.17, 15) is 15.0 Å². The Morgan fingerprint density at radius 3 is 2.76 bits per heavy atom. The van der Waals surface area contributed by atoms with Gasteiger partial charge in [-0.2, -0.15) is 0 Å². The Balaban J connectivity index is 1.80. The Hall–Kier alpha value is -1.75. The fourth-order valence-corrected chi connectivity index (χ4v) is 2.93. The van der Waals surface area contributed by atoms with E-state index in [0.29, 0.717) is 18.9 Å². The summed E-state index contributed by atoms with van der Waals surface area (Å²) in [6.07, 6.45) is 3.91. The van der Waals surface area contributed by atoms with Crippen molar-refractivity contribution in [3.63, 3.8) is 0 Å². The molecule has 1 aromatic rings. The lowest BCUT2D eigenvalue weighted by Crippen LogP contribution is -2.43. The van der Waals surface area contributed by atoms with Crippen LogP contribution in [0.4, 0.5) is 0 Å². The van der Waals surface area contributed by atoms with E-state index in [0.717, 1.165) is 11.5 Å². The Bertz CT molecular complexity index is 504. The first-order chi connectivity index (χ1) is 9.95. The van der Waals surface area contributed by atoms with Crippen LogP contribution >= 0.6 is 0 Å². The third kappa shape index (κ3) is 4.36. The van der Waals surface area contributed by atoms with Crippen molar-refractivity contribution in [1.29, 1.82) is 0 Å². The van der Waals surface area contributed by atoms with Crippen molar-refractivity contribution >= 4 is 5.91 Å². The van der Waals surface area contributed by atoms with E-state index >= 15 is 0 Å². The first-order valence-electron chi connectivity index (χ1n) is 7.50. The van der Waals surface area contributed by atoms with Crippen molar-refractivity contribution in [3.05, 3.63) is 23.8 Å². The van der Waals surface area contributed by atoms with Crippen LogP contribution in [0.2, 0.25) is 0 Å². The molecule has 0 bridgehead atoms. The van der Waals surface area contributed by atoms with Crippen molar-refractivity contribution in [1.82, 2.24) is 5.32 Å². The molecule has 5 nitrogen and oxygen atoms in total. The van der Waals surface area contributed by atoms with Gasteiger partial charge in [0.1, 0.15) is 0 Å². The number of rotatable bonds is 5. The van der Waals surface area contributed by atoms with Crippen LogP contribution in [0.25, 0.3) is 0 Å². The molecule has 1 aromatic carbocycles. The number of nitrogens with two attached hydrogens (primary N) is 1. The van der Waals surface area contributed by atoms with Crippen molar-refractivity contribution < 1.29 is 15.0 Å². The maximum absolute atomic E-state index is 12.0. The van der Waals surface area contributed by atoms with Gasteiger partial charge in [0.2, 0.25) is 5.91 Å². The molecule has 5 N–H and O–H groups in total. The molecule has 1 aliphatic rings. The molecule has 5 heteroatoms. The lowest BCUT2D eigenvalue weighted by atomic mass is 10.0. The summed E-state index contributed by atoms with van der Waals surface area (Å²) in [5, 5.41) is 21.6. The quantitative estimate of drug-likeness (QED) is 0.619. The Morgan fingerprint density at radius 2 is 2.14 bits per heavy atom. The molecule has 1 amide bonds. The average molecular weight is 292 g/mol. The van der Waals surface area contributed by atoms with Gasteiger partial charge in [0.05, 0.1) is 6.04 Å². The number of hydrogen-bond acceptors (Lipinski definition) is 4. The summed E-state index contributed by atoms with van der Waals surface area (Å²) < 4.78 is 0. The molecule has 116 valence electrons.